The van der Waals surface area contributed by atoms with Crippen molar-refractivity contribution in [2.45, 2.75) is 43.6 Å². The fraction of sp³-hybridized carbons (Fsp3) is 0.688. The van der Waals surface area contributed by atoms with Crippen LogP contribution in [0.5, 0.6) is 0 Å². The molecule has 2 aliphatic rings. The largest absolute Gasteiger partial charge is 0.381 e. The molecule has 2 fully saturated rings. The van der Waals surface area contributed by atoms with E-state index in [4.69, 9.17) is 9.72 Å². The lowest BCUT2D eigenvalue weighted by Crippen LogP contribution is -2.23. The molecular weight excluding hydrogens is 319 g/mol. The van der Waals surface area contributed by atoms with Crippen molar-refractivity contribution in [3.63, 3.8) is 0 Å². The summed E-state index contributed by atoms with van der Waals surface area (Å²) in [4.78, 5) is 7.06. The number of aromatic nitrogens is 1. The van der Waals surface area contributed by atoms with Gasteiger partial charge in [-0.15, -0.1) is 11.7 Å². The smallest absolute Gasteiger partial charge is 0.114 e. The van der Waals surface area contributed by atoms with Gasteiger partial charge in [0.1, 0.15) is 6.17 Å². The quantitative estimate of drug-likeness (QED) is 0.650. The molecule has 0 N–H and O–H groups in total. The zero-order valence-electron chi connectivity index (χ0n) is 12.9. The first-order valence-electron chi connectivity index (χ1n) is 7.91. The highest BCUT2D eigenvalue weighted by Gasteiger charge is 2.26. The molecule has 2 saturated heterocycles. The lowest BCUT2D eigenvalue weighted by molar-refractivity contribution is 0.193. The van der Waals surface area contributed by atoms with E-state index >= 15 is 0 Å². The summed E-state index contributed by atoms with van der Waals surface area (Å²) in [6.07, 6.45) is 1.01. The number of nitrogens with zero attached hydrogens (tertiary/aromatic N) is 2. The molecule has 3 rings (SSSR count). The summed E-state index contributed by atoms with van der Waals surface area (Å²) in [6, 6.07) is 4.30. The van der Waals surface area contributed by atoms with Gasteiger partial charge in [-0.1, -0.05) is 16.9 Å². The Balaban J connectivity index is 1.84. The van der Waals surface area contributed by atoms with Crippen molar-refractivity contribution < 1.29 is 9.13 Å². The maximum Gasteiger partial charge on any atom is 0.114 e. The number of hydrogen-bond donors (Lipinski definition) is 1. The van der Waals surface area contributed by atoms with Crippen LogP contribution in [-0.2, 0) is 11.3 Å². The van der Waals surface area contributed by atoms with Gasteiger partial charge in [0.25, 0.3) is 0 Å². The number of thiol groups is 1. The van der Waals surface area contributed by atoms with Gasteiger partial charge in [0.15, 0.2) is 0 Å². The normalized spacial score (nSPS) is 27.4. The molecule has 0 aliphatic carbocycles. The Morgan fingerprint density at radius 1 is 1.50 bits per heavy atom. The van der Waals surface area contributed by atoms with Gasteiger partial charge in [-0.3, -0.25) is 9.88 Å². The monoisotopic (exact) mass is 342 g/mol. The van der Waals surface area contributed by atoms with Crippen LogP contribution in [0.4, 0.5) is 4.39 Å². The molecule has 6 heteroatoms. The third kappa shape index (κ3) is 3.78. The van der Waals surface area contributed by atoms with Gasteiger partial charge in [-0.2, -0.15) is 0 Å². The Morgan fingerprint density at radius 2 is 2.36 bits per heavy atom. The molecule has 3 atom stereocenters. The Bertz CT molecular complexity index is 511. The van der Waals surface area contributed by atoms with Crippen molar-refractivity contribution in [2.75, 3.05) is 26.3 Å². The Morgan fingerprint density at radius 3 is 3.00 bits per heavy atom. The van der Waals surface area contributed by atoms with Crippen molar-refractivity contribution in [3.05, 3.63) is 29.1 Å². The van der Waals surface area contributed by atoms with Crippen LogP contribution in [0.1, 0.15) is 47.9 Å². The first-order chi connectivity index (χ1) is 10.7. The molecular formula is C16H23FN2OS2. The van der Waals surface area contributed by atoms with Crippen LogP contribution < -0.4 is 0 Å². The van der Waals surface area contributed by atoms with Crippen molar-refractivity contribution in [1.82, 2.24) is 9.88 Å². The lowest BCUT2D eigenvalue weighted by Gasteiger charge is -2.21. The molecule has 3 nitrogen and oxygen atoms in total. The number of hydrogen-bond acceptors (Lipinski definition) is 5. The zero-order chi connectivity index (χ0) is 15.5. The first-order valence-corrected chi connectivity index (χ1v) is 9.84. The standard InChI is InChI=1S/C16H23FN2OS2/c1-11(22-21)15-3-2-14(12-5-7-20-10-12)16(18-15)9-19-6-4-13(17)8-19/h2-3,11-13,21H,4-10H2,1H3/t11?,12-,13-/m1/s1. The van der Waals surface area contributed by atoms with Crippen molar-refractivity contribution in [2.24, 2.45) is 0 Å². The molecule has 3 heterocycles. The fourth-order valence-electron chi connectivity index (χ4n) is 3.23. The number of pyridine rings is 1. The van der Waals surface area contributed by atoms with Crippen molar-refractivity contribution >= 4 is 22.5 Å². The van der Waals surface area contributed by atoms with Crippen LogP contribution in [0.3, 0.4) is 0 Å². The Hall–Kier alpha value is -0.300. The van der Waals surface area contributed by atoms with E-state index in [0.717, 1.165) is 44.1 Å². The summed E-state index contributed by atoms with van der Waals surface area (Å²) in [6.45, 7) is 5.80. The van der Waals surface area contributed by atoms with Crippen molar-refractivity contribution in [1.29, 1.82) is 0 Å². The van der Waals surface area contributed by atoms with Crippen molar-refractivity contribution in [3.8, 4) is 0 Å². The minimum Gasteiger partial charge on any atom is -0.381 e. The molecule has 22 heavy (non-hydrogen) atoms. The molecule has 1 aromatic rings. The molecule has 0 radical (unpaired) electrons. The third-order valence-electron chi connectivity index (χ3n) is 4.56. The van der Waals surface area contributed by atoms with Crippen LogP contribution in [-0.4, -0.2) is 42.4 Å². The minimum atomic E-state index is -0.687. The van der Waals surface area contributed by atoms with E-state index in [1.807, 2.05) is 0 Å². The molecule has 0 aromatic carbocycles. The summed E-state index contributed by atoms with van der Waals surface area (Å²) in [5, 5.41) is 0.253. The average molecular weight is 343 g/mol. The zero-order valence-corrected chi connectivity index (χ0v) is 14.6. The van der Waals surface area contributed by atoms with Gasteiger partial charge >= 0.3 is 0 Å². The van der Waals surface area contributed by atoms with Crippen LogP contribution in [0.2, 0.25) is 0 Å². The van der Waals surface area contributed by atoms with Gasteiger partial charge in [0, 0.05) is 32.2 Å². The summed E-state index contributed by atoms with van der Waals surface area (Å²) in [5.41, 5.74) is 3.42. The van der Waals surface area contributed by atoms with Gasteiger partial charge in [-0.25, -0.2) is 4.39 Å². The lowest BCUT2D eigenvalue weighted by atomic mass is 9.96. The molecule has 0 saturated carbocycles. The van der Waals surface area contributed by atoms with Crippen LogP contribution in [0, 0.1) is 0 Å². The molecule has 122 valence electrons. The summed E-state index contributed by atoms with van der Waals surface area (Å²) >= 11 is 4.30. The highest BCUT2D eigenvalue weighted by molar-refractivity contribution is 8.68. The maximum absolute atomic E-state index is 13.4. The van der Waals surface area contributed by atoms with Crippen LogP contribution in [0.15, 0.2) is 12.1 Å². The second-order valence-corrected chi connectivity index (χ2v) is 7.75. The Labute approximate surface area is 140 Å². The summed E-state index contributed by atoms with van der Waals surface area (Å²) < 4.78 is 19.0. The van der Waals surface area contributed by atoms with Gasteiger partial charge in [0.05, 0.1) is 23.2 Å². The van der Waals surface area contributed by atoms with Gasteiger partial charge in [-0.05, 0) is 31.4 Å². The number of alkyl halides is 1. The van der Waals surface area contributed by atoms with E-state index in [1.165, 1.54) is 16.4 Å². The highest BCUT2D eigenvalue weighted by Crippen LogP contribution is 2.33. The van der Waals surface area contributed by atoms with Gasteiger partial charge in [0.2, 0.25) is 0 Å². The topological polar surface area (TPSA) is 25.4 Å². The van der Waals surface area contributed by atoms with E-state index in [-0.39, 0.29) is 5.25 Å². The third-order valence-corrected chi connectivity index (χ3v) is 6.07. The second-order valence-electron chi connectivity index (χ2n) is 6.20. The molecule has 1 aromatic heterocycles. The van der Waals surface area contributed by atoms with Crippen LogP contribution >= 0.6 is 22.5 Å². The molecule has 0 amide bonds. The van der Waals surface area contributed by atoms with Crippen LogP contribution in [0.25, 0.3) is 0 Å². The second kappa shape index (κ2) is 7.51. The predicted molar refractivity (Wildman–Crippen MR) is 92.2 cm³/mol. The number of ether oxygens (including phenoxy) is 1. The van der Waals surface area contributed by atoms with Gasteiger partial charge < -0.3 is 4.74 Å². The molecule has 1 unspecified atom stereocenters. The predicted octanol–water partition coefficient (Wildman–Crippen LogP) is 3.77. The highest BCUT2D eigenvalue weighted by atomic mass is 33.1. The fourth-order valence-corrected chi connectivity index (χ4v) is 3.79. The minimum absolute atomic E-state index is 0.253. The van der Waals surface area contributed by atoms with E-state index < -0.39 is 6.17 Å². The Kier molecular flexibility index (Phi) is 5.65. The van der Waals surface area contributed by atoms with E-state index in [2.05, 4.69) is 35.6 Å². The number of halogens is 1. The number of rotatable bonds is 5. The molecule has 2 aliphatic heterocycles. The number of likely N-dealkylation sites (tertiary alicyclic amines) is 1. The summed E-state index contributed by atoms with van der Waals surface area (Å²) in [7, 11) is 1.50. The average Bonchev–Trinajstić information content (AvgIpc) is 3.18. The maximum atomic E-state index is 13.4. The first kappa shape index (κ1) is 16.6. The molecule has 0 spiro atoms. The molecule has 0 bridgehead atoms. The van der Waals surface area contributed by atoms with E-state index in [0.29, 0.717) is 18.9 Å². The SMILES string of the molecule is CC(SS)c1ccc([C@@H]2CCOC2)c(CN2CC[C@@H](F)C2)n1. The van der Waals surface area contributed by atoms with E-state index in [1.54, 1.807) is 0 Å². The van der Waals surface area contributed by atoms with E-state index in [9.17, 15) is 4.39 Å². The summed E-state index contributed by atoms with van der Waals surface area (Å²) in [5.74, 6) is 0.430.